The number of nitrogens with two attached hydrogens (primary N) is 1. The van der Waals surface area contributed by atoms with Crippen LogP contribution in [0.4, 0.5) is 11.5 Å². The zero-order chi connectivity index (χ0) is 12.9. The van der Waals surface area contributed by atoms with E-state index in [9.17, 15) is 5.11 Å². The molecular weight excluding hydrogens is 214 g/mol. The predicted molar refractivity (Wildman–Crippen MR) is 72.0 cm³/mol. The van der Waals surface area contributed by atoms with Crippen LogP contribution in [-0.4, -0.2) is 23.2 Å². The van der Waals surface area contributed by atoms with Crippen molar-refractivity contribution in [2.24, 2.45) is 5.41 Å². The van der Waals surface area contributed by atoms with E-state index in [1.54, 1.807) is 6.20 Å². The predicted octanol–water partition coefficient (Wildman–Crippen LogP) is 2.18. The van der Waals surface area contributed by atoms with Crippen molar-refractivity contribution in [2.75, 3.05) is 24.2 Å². The number of hydrogen-bond acceptors (Lipinski definition) is 4. The Labute approximate surface area is 103 Å². The summed E-state index contributed by atoms with van der Waals surface area (Å²) in [6.07, 6.45) is 3.55. The molecule has 0 bridgehead atoms. The number of hydrogen-bond donors (Lipinski definition) is 3. The smallest absolute Gasteiger partial charge is 0.126 e. The molecule has 0 aromatic carbocycles. The largest absolute Gasteiger partial charge is 0.397 e. The topological polar surface area (TPSA) is 71.2 Å². The molecule has 4 N–H and O–H groups in total. The first kappa shape index (κ1) is 13.8. The second kappa shape index (κ2) is 5.87. The van der Waals surface area contributed by atoms with Gasteiger partial charge in [0.05, 0.1) is 18.5 Å². The van der Waals surface area contributed by atoms with Gasteiger partial charge in [0.1, 0.15) is 5.82 Å². The molecule has 4 heteroatoms. The Bertz CT molecular complexity index is 353. The molecule has 0 aliphatic rings. The van der Waals surface area contributed by atoms with E-state index < -0.39 is 0 Å². The van der Waals surface area contributed by atoms with Crippen LogP contribution in [0.15, 0.2) is 12.3 Å². The molecule has 1 aromatic heterocycles. The van der Waals surface area contributed by atoms with Crippen LogP contribution in [0.25, 0.3) is 0 Å². The molecule has 0 saturated carbocycles. The normalized spacial score (nSPS) is 11.5. The van der Waals surface area contributed by atoms with Crippen molar-refractivity contribution in [3.63, 3.8) is 0 Å². The first-order valence-electron chi connectivity index (χ1n) is 6.13. The maximum absolute atomic E-state index is 9.47. The van der Waals surface area contributed by atoms with Crippen LogP contribution in [0.2, 0.25) is 0 Å². The number of pyridine rings is 1. The van der Waals surface area contributed by atoms with Gasteiger partial charge >= 0.3 is 0 Å². The van der Waals surface area contributed by atoms with Gasteiger partial charge in [0.2, 0.25) is 0 Å². The summed E-state index contributed by atoms with van der Waals surface area (Å²) in [5.74, 6) is 0.816. The zero-order valence-corrected chi connectivity index (χ0v) is 11.0. The number of aliphatic hydroxyl groups is 1. The van der Waals surface area contributed by atoms with Gasteiger partial charge in [-0.25, -0.2) is 4.98 Å². The van der Waals surface area contributed by atoms with Crippen LogP contribution in [0.3, 0.4) is 0 Å². The summed E-state index contributed by atoms with van der Waals surface area (Å²) in [4.78, 5) is 4.23. The fourth-order valence-corrected chi connectivity index (χ4v) is 1.72. The lowest BCUT2D eigenvalue weighted by Gasteiger charge is -2.29. The van der Waals surface area contributed by atoms with Crippen molar-refractivity contribution in [1.82, 2.24) is 4.98 Å². The van der Waals surface area contributed by atoms with E-state index >= 15 is 0 Å². The van der Waals surface area contributed by atoms with Crippen LogP contribution >= 0.6 is 0 Å². The fourth-order valence-electron chi connectivity index (χ4n) is 1.72. The summed E-state index contributed by atoms with van der Waals surface area (Å²) < 4.78 is 0. The molecule has 1 aromatic rings. The van der Waals surface area contributed by atoms with E-state index in [-0.39, 0.29) is 12.0 Å². The first-order valence-corrected chi connectivity index (χ1v) is 6.13. The Morgan fingerprint density at radius 2 is 2.06 bits per heavy atom. The maximum atomic E-state index is 9.47. The quantitative estimate of drug-likeness (QED) is 0.709. The minimum Gasteiger partial charge on any atom is -0.397 e. The molecule has 0 aliphatic carbocycles. The number of nitrogen functional groups attached to an aromatic ring is 1. The van der Waals surface area contributed by atoms with Gasteiger partial charge in [0.25, 0.3) is 0 Å². The SMILES string of the molecule is CCC(CC)(CO)CNc1cc(C)c(N)cn1. The van der Waals surface area contributed by atoms with Crippen LogP contribution in [-0.2, 0) is 0 Å². The molecule has 0 atom stereocenters. The number of aromatic nitrogens is 1. The molecular formula is C13H23N3O. The van der Waals surface area contributed by atoms with Gasteiger partial charge in [-0.05, 0) is 31.4 Å². The van der Waals surface area contributed by atoms with Gasteiger partial charge in [-0.3, -0.25) is 0 Å². The molecule has 1 heterocycles. The highest BCUT2D eigenvalue weighted by Crippen LogP contribution is 2.26. The van der Waals surface area contributed by atoms with Gasteiger partial charge in [-0.15, -0.1) is 0 Å². The Balaban J connectivity index is 2.68. The van der Waals surface area contributed by atoms with Gasteiger partial charge < -0.3 is 16.2 Å². The minimum absolute atomic E-state index is 0.0586. The van der Waals surface area contributed by atoms with Crippen LogP contribution in [0, 0.1) is 12.3 Å². The number of anilines is 2. The summed E-state index contributed by atoms with van der Waals surface area (Å²) >= 11 is 0. The number of nitrogens with one attached hydrogen (secondary N) is 1. The zero-order valence-electron chi connectivity index (χ0n) is 11.0. The Hall–Kier alpha value is -1.29. The summed E-state index contributed by atoms with van der Waals surface area (Å²) in [6.45, 7) is 7.08. The second-order valence-electron chi connectivity index (χ2n) is 4.64. The van der Waals surface area contributed by atoms with Crippen LogP contribution < -0.4 is 11.1 Å². The van der Waals surface area contributed by atoms with E-state index in [1.807, 2.05) is 13.0 Å². The second-order valence-corrected chi connectivity index (χ2v) is 4.64. The van der Waals surface area contributed by atoms with E-state index in [0.29, 0.717) is 5.69 Å². The average molecular weight is 237 g/mol. The number of rotatable bonds is 6. The maximum Gasteiger partial charge on any atom is 0.126 e. The van der Waals surface area contributed by atoms with Crippen molar-refractivity contribution >= 4 is 11.5 Å². The highest BCUT2D eigenvalue weighted by atomic mass is 16.3. The fraction of sp³-hybridized carbons (Fsp3) is 0.615. The van der Waals surface area contributed by atoms with Gasteiger partial charge in [0.15, 0.2) is 0 Å². The lowest BCUT2D eigenvalue weighted by atomic mass is 9.83. The molecule has 17 heavy (non-hydrogen) atoms. The summed E-state index contributed by atoms with van der Waals surface area (Å²) in [7, 11) is 0. The van der Waals surface area contributed by atoms with Crippen molar-refractivity contribution < 1.29 is 5.11 Å². The molecule has 0 aliphatic heterocycles. The standard InChI is InChI=1S/C13H23N3O/c1-4-13(5-2,9-17)8-16-12-6-10(3)11(14)7-15-12/h6-7,17H,4-5,8-9,14H2,1-3H3,(H,15,16). The number of nitrogens with zero attached hydrogens (tertiary/aromatic N) is 1. The van der Waals surface area contributed by atoms with Crippen LogP contribution in [0.1, 0.15) is 32.3 Å². The summed E-state index contributed by atoms with van der Waals surface area (Å²) in [6, 6.07) is 1.93. The van der Waals surface area contributed by atoms with Gasteiger partial charge in [-0.1, -0.05) is 13.8 Å². The highest BCUT2D eigenvalue weighted by molar-refractivity contribution is 5.50. The Morgan fingerprint density at radius 1 is 1.41 bits per heavy atom. The van der Waals surface area contributed by atoms with E-state index in [1.165, 1.54) is 0 Å². The molecule has 0 amide bonds. The van der Waals surface area contributed by atoms with Crippen molar-refractivity contribution in [3.05, 3.63) is 17.8 Å². The third-order valence-corrected chi connectivity index (χ3v) is 3.63. The van der Waals surface area contributed by atoms with E-state index in [2.05, 4.69) is 24.1 Å². The molecule has 96 valence electrons. The molecule has 0 saturated heterocycles. The molecule has 0 spiro atoms. The number of aliphatic hydroxyl groups excluding tert-OH is 1. The minimum atomic E-state index is -0.0586. The molecule has 4 nitrogen and oxygen atoms in total. The average Bonchev–Trinajstić information content (AvgIpc) is 2.36. The molecule has 0 radical (unpaired) electrons. The molecule has 1 rings (SSSR count). The Kier molecular flexibility index (Phi) is 4.75. The lowest BCUT2D eigenvalue weighted by Crippen LogP contribution is -2.32. The third kappa shape index (κ3) is 3.33. The Morgan fingerprint density at radius 3 is 2.53 bits per heavy atom. The number of aryl methyl sites for hydroxylation is 1. The van der Waals surface area contributed by atoms with Crippen LogP contribution in [0.5, 0.6) is 0 Å². The van der Waals surface area contributed by atoms with Gasteiger partial charge in [-0.2, -0.15) is 0 Å². The highest BCUT2D eigenvalue weighted by Gasteiger charge is 2.24. The molecule has 0 unspecified atom stereocenters. The molecule has 0 fully saturated rings. The van der Waals surface area contributed by atoms with Crippen molar-refractivity contribution in [2.45, 2.75) is 33.6 Å². The van der Waals surface area contributed by atoms with Crippen molar-refractivity contribution in [3.8, 4) is 0 Å². The van der Waals surface area contributed by atoms with Gasteiger partial charge in [0, 0.05) is 12.0 Å². The third-order valence-electron chi connectivity index (χ3n) is 3.63. The monoisotopic (exact) mass is 237 g/mol. The van der Waals surface area contributed by atoms with E-state index in [4.69, 9.17) is 5.73 Å². The summed E-state index contributed by atoms with van der Waals surface area (Å²) in [5, 5.41) is 12.8. The first-order chi connectivity index (χ1) is 8.06. The van der Waals surface area contributed by atoms with Crippen molar-refractivity contribution in [1.29, 1.82) is 0 Å². The van der Waals surface area contributed by atoms with E-state index in [0.717, 1.165) is 30.8 Å². The lowest BCUT2D eigenvalue weighted by molar-refractivity contribution is 0.127. The summed E-state index contributed by atoms with van der Waals surface area (Å²) in [5.41, 5.74) is 7.38.